The molecule has 1 aliphatic rings. The van der Waals surface area contributed by atoms with Crippen molar-refractivity contribution >= 4 is 23.5 Å². The predicted molar refractivity (Wildman–Crippen MR) is 76.4 cm³/mol. The number of thioether (sulfide) groups is 1. The average molecular weight is 265 g/mol. The van der Waals surface area contributed by atoms with Gasteiger partial charge in [-0.3, -0.25) is 5.41 Å². The van der Waals surface area contributed by atoms with E-state index in [0.29, 0.717) is 16.4 Å². The molecule has 0 aliphatic carbocycles. The minimum absolute atomic E-state index is 0.0109. The van der Waals surface area contributed by atoms with Crippen molar-refractivity contribution in [3.8, 4) is 0 Å². The molecule has 18 heavy (non-hydrogen) atoms. The van der Waals surface area contributed by atoms with Gasteiger partial charge < -0.3 is 10.6 Å². The summed E-state index contributed by atoms with van der Waals surface area (Å²) in [4.78, 5) is 10.8. The molecule has 0 unspecified atom stereocenters. The Labute approximate surface area is 112 Å². The van der Waals surface area contributed by atoms with Gasteiger partial charge in [0.15, 0.2) is 0 Å². The molecule has 1 aliphatic heterocycles. The number of rotatable bonds is 2. The maximum Gasteiger partial charge on any atom is 0.225 e. The van der Waals surface area contributed by atoms with E-state index in [1.54, 1.807) is 12.3 Å². The van der Waals surface area contributed by atoms with E-state index in [2.05, 4.69) is 28.7 Å². The Balaban J connectivity index is 2.16. The number of nitrogen functional groups attached to an aromatic ring is 1. The number of hydrogen-bond acceptors (Lipinski definition) is 5. The van der Waals surface area contributed by atoms with Gasteiger partial charge >= 0.3 is 0 Å². The van der Waals surface area contributed by atoms with Gasteiger partial charge in [0.05, 0.1) is 0 Å². The summed E-state index contributed by atoms with van der Waals surface area (Å²) in [6.45, 7) is 6.43. The Morgan fingerprint density at radius 3 is 3.00 bits per heavy atom. The van der Waals surface area contributed by atoms with Crippen LogP contribution >= 0.6 is 11.8 Å². The third kappa shape index (κ3) is 3.13. The molecule has 0 radical (unpaired) electrons. The molecule has 0 atom stereocenters. The smallest absolute Gasteiger partial charge is 0.225 e. The first-order valence-corrected chi connectivity index (χ1v) is 7.03. The fourth-order valence-corrected chi connectivity index (χ4v) is 2.97. The number of hydrogen-bond donors (Lipinski definition) is 2. The molecular formula is C12H19N5S. The highest BCUT2D eigenvalue weighted by atomic mass is 32.2. The highest BCUT2D eigenvalue weighted by molar-refractivity contribution is 8.00. The minimum Gasteiger partial charge on any atom is -0.382 e. The molecule has 0 saturated carbocycles. The molecule has 0 bridgehead atoms. The zero-order valence-electron chi connectivity index (χ0n) is 10.8. The number of nitrogens with two attached hydrogens (primary N) is 1. The molecule has 1 aromatic heterocycles. The number of anilines is 1. The van der Waals surface area contributed by atoms with Crippen LogP contribution in [0.2, 0.25) is 0 Å². The second-order valence-corrected chi connectivity index (χ2v) is 6.80. The molecule has 2 heterocycles. The van der Waals surface area contributed by atoms with Gasteiger partial charge in [-0.2, -0.15) is 11.8 Å². The second-order valence-electron chi connectivity index (χ2n) is 5.00. The maximum absolute atomic E-state index is 7.42. The fourth-order valence-electron chi connectivity index (χ4n) is 1.87. The van der Waals surface area contributed by atoms with E-state index in [9.17, 15) is 0 Å². The molecule has 0 amide bonds. The first-order valence-electron chi connectivity index (χ1n) is 6.04. The van der Waals surface area contributed by atoms with Crippen LogP contribution < -0.4 is 10.6 Å². The molecule has 3 N–H and O–H groups in total. The maximum atomic E-state index is 7.42. The first-order chi connectivity index (χ1) is 8.48. The molecule has 1 aromatic rings. The summed E-state index contributed by atoms with van der Waals surface area (Å²) < 4.78 is 0.312. The molecular weight excluding hydrogens is 246 g/mol. The summed E-state index contributed by atoms with van der Waals surface area (Å²) in [5.74, 6) is 1.74. The van der Waals surface area contributed by atoms with Crippen molar-refractivity contribution in [2.45, 2.75) is 25.0 Å². The van der Waals surface area contributed by atoms with E-state index < -0.39 is 0 Å². The lowest BCUT2D eigenvalue weighted by Crippen LogP contribution is -2.29. The van der Waals surface area contributed by atoms with Gasteiger partial charge in [-0.1, -0.05) is 13.8 Å². The first kappa shape index (κ1) is 13.1. The number of nitrogens with one attached hydrogen (secondary N) is 1. The lowest BCUT2D eigenvalue weighted by Gasteiger charge is -2.22. The van der Waals surface area contributed by atoms with Crippen molar-refractivity contribution in [1.82, 2.24) is 9.97 Å². The number of amidine groups is 1. The Morgan fingerprint density at radius 1 is 1.50 bits per heavy atom. The SMILES string of the molecule is CC1(C)CCN(c2nccc(C(=N)N)n2)CCS1. The van der Waals surface area contributed by atoms with Crippen molar-refractivity contribution in [2.24, 2.45) is 5.73 Å². The highest BCUT2D eigenvalue weighted by Gasteiger charge is 2.24. The van der Waals surface area contributed by atoms with Crippen molar-refractivity contribution in [3.05, 3.63) is 18.0 Å². The topological polar surface area (TPSA) is 78.9 Å². The summed E-state index contributed by atoms with van der Waals surface area (Å²) in [6.07, 6.45) is 2.77. The fraction of sp³-hybridized carbons (Fsp3) is 0.583. The van der Waals surface area contributed by atoms with Gasteiger partial charge in [-0.25, -0.2) is 9.97 Å². The largest absolute Gasteiger partial charge is 0.382 e. The van der Waals surface area contributed by atoms with Crippen LogP contribution in [0, 0.1) is 5.41 Å². The van der Waals surface area contributed by atoms with Crippen molar-refractivity contribution in [1.29, 1.82) is 5.41 Å². The molecule has 1 fully saturated rings. The summed E-state index contributed by atoms with van der Waals surface area (Å²) in [5, 5.41) is 7.42. The summed E-state index contributed by atoms with van der Waals surface area (Å²) >= 11 is 1.99. The van der Waals surface area contributed by atoms with E-state index in [-0.39, 0.29) is 5.84 Å². The molecule has 1 saturated heterocycles. The number of aromatic nitrogens is 2. The van der Waals surface area contributed by atoms with Gasteiger partial charge in [0.1, 0.15) is 11.5 Å². The van der Waals surface area contributed by atoms with Crippen LogP contribution in [0.15, 0.2) is 12.3 Å². The van der Waals surface area contributed by atoms with Gasteiger partial charge in [-0.05, 0) is 12.5 Å². The zero-order valence-corrected chi connectivity index (χ0v) is 11.6. The monoisotopic (exact) mass is 265 g/mol. The zero-order chi connectivity index (χ0) is 13.2. The standard InChI is InChI=1S/C12H19N5S/c1-12(2)4-6-17(7-8-18-12)11-15-5-3-9(16-11)10(13)14/h3,5H,4,6-8H2,1-2H3,(H3,13,14). The quantitative estimate of drug-likeness (QED) is 0.625. The summed E-state index contributed by atoms with van der Waals surface area (Å²) in [7, 11) is 0. The molecule has 6 heteroatoms. The van der Waals surface area contributed by atoms with Crippen LogP contribution in [0.3, 0.4) is 0 Å². The Kier molecular flexibility index (Phi) is 3.75. The van der Waals surface area contributed by atoms with E-state index in [0.717, 1.165) is 25.3 Å². The van der Waals surface area contributed by atoms with E-state index in [1.165, 1.54) is 0 Å². The third-order valence-electron chi connectivity index (χ3n) is 3.04. The van der Waals surface area contributed by atoms with Gasteiger partial charge in [-0.15, -0.1) is 0 Å². The Hall–Kier alpha value is -1.30. The van der Waals surface area contributed by atoms with E-state index >= 15 is 0 Å². The Morgan fingerprint density at radius 2 is 2.28 bits per heavy atom. The molecule has 0 aromatic carbocycles. The summed E-state index contributed by atoms with van der Waals surface area (Å²) in [6, 6.07) is 1.67. The van der Waals surface area contributed by atoms with Crippen molar-refractivity contribution < 1.29 is 0 Å². The highest BCUT2D eigenvalue weighted by Crippen LogP contribution is 2.31. The van der Waals surface area contributed by atoms with Gasteiger partial charge in [0.25, 0.3) is 0 Å². The molecule has 5 nitrogen and oxygen atoms in total. The predicted octanol–water partition coefficient (Wildman–Crippen LogP) is 1.48. The second kappa shape index (κ2) is 5.14. The summed E-state index contributed by atoms with van der Waals surface area (Å²) in [5.41, 5.74) is 5.95. The average Bonchev–Trinajstić information content (AvgIpc) is 2.50. The Bertz CT molecular complexity index is 446. The van der Waals surface area contributed by atoms with Crippen LogP contribution in [0.5, 0.6) is 0 Å². The number of nitrogens with zero attached hydrogens (tertiary/aromatic N) is 3. The van der Waals surface area contributed by atoms with Crippen molar-refractivity contribution in [3.63, 3.8) is 0 Å². The van der Waals surface area contributed by atoms with E-state index in [1.807, 2.05) is 11.8 Å². The molecule has 2 rings (SSSR count). The molecule has 98 valence electrons. The molecule has 0 spiro atoms. The van der Waals surface area contributed by atoms with Crippen LogP contribution in [-0.2, 0) is 0 Å². The van der Waals surface area contributed by atoms with Crippen LogP contribution in [0.4, 0.5) is 5.95 Å². The van der Waals surface area contributed by atoms with Crippen molar-refractivity contribution in [2.75, 3.05) is 23.7 Å². The lowest BCUT2D eigenvalue weighted by molar-refractivity contribution is 0.631. The van der Waals surface area contributed by atoms with Crippen LogP contribution in [0.25, 0.3) is 0 Å². The minimum atomic E-state index is -0.0109. The van der Waals surface area contributed by atoms with E-state index in [4.69, 9.17) is 11.1 Å². The normalized spacial score (nSPS) is 19.3. The van der Waals surface area contributed by atoms with Gasteiger partial charge in [0, 0.05) is 29.8 Å². The van der Waals surface area contributed by atoms with Crippen LogP contribution in [-0.4, -0.2) is 39.4 Å². The van der Waals surface area contributed by atoms with Gasteiger partial charge in [0.2, 0.25) is 5.95 Å². The van der Waals surface area contributed by atoms with Crippen LogP contribution in [0.1, 0.15) is 26.0 Å². The third-order valence-corrected chi connectivity index (χ3v) is 4.41. The lowest BCUT2D eigenvalue weighted by atomic mass is 10.1.